The lowest BCUT2D eigenvalue weighted by Crippen LogP contribution is -2.13. The predicted molar refractivity (Wildman–Crippen MR) is 90.2 cm³/mol. The summed E-state index contributed by atoms with van der Waals surface area (Å²) in [5.74, 6) is 0.437. The van der Waals surface area contributed by atoms with E-state index in [0.29, 0.717) is 22.1 Å². The predicted octanol–water partition coefficient (Wildman–Crippen LogP) is 3.79. The van der Waals surface area contributed by atoms with Crippen LogP contribution in [0.5, 0.6) is 0 Å². The molecule has 3 rings (SSSR count). The molecule has 0 saturated heterocycles. The van der Waals surface area contributed by atoms with Gasteiger partial charge in [0, 0.05) is 16.9 Å². The highest BCUT2D eigenvalue weighted by Crippen LogP contribution is 2.21. The van der Waals surface area contributed by atoms with Gasteiger partial charge in [0.05, 0.1) is 17.5 Å². The van der Waals surface area contributed by atoms with Crippen LogP contribution in [0.4, 0.5) is 5.69 Å². The minimum atomic E-state index is -0.232. The van der Waals surface area contributed by atoms with Crippen LogP contribution in [0.3, 0.4) is 0 Å². The van der Waals surface area contributed by atoms with E-state index in [2.05, 4.69) is 15.4 Å². The third kappa shape index (κ3) is 3.10. The standard InChI is InChI=1S/C17H15ClN4O/c1-11-6-7-13(9-15(11)18)21-17(23)14-10-20-22(12(14)2)16-5-3-4-8-19-16/h3-10H,1-2H3,(H,21,23). The molecule has 116 valence electrons. The van der Waals surface area contributed by atoms with Crippen molar-refractivity contribution in [2.45, 2.75) is 13.8 Å². The summed E-state index contributed by atoms with van der Waals surface area (Å²) in [6.45, 7) is 3.74. The smallest absolute Gasteiger partial charge is 0.259 e. The number of pyridine rings is 1. The van der Waals surface area contributed by atoms with Gasteiger partial charge in [-0.15, -0.1) is 0 Å². The molecule has 1 amide bonds. The number of hydrogen-bond acceptors (Lipinski definition) is 3. The van der Waals surface area contributed by atoms with Crippen molar-refractivity contribution in [1.82, 2.24) is 14.8 Å². The van der Waals surface area contributed by atoms with E-state index in [1.165, 1.54) is 6.20 Å². The van der Waals surface area contributed by atoms with Gasteiger partial charge in [0.25, 0.3) is 5.91 Å². The number of anilines is 1. The van der Waals surface area contributed by atoms with E-state index in [0.717, 1.165) is 11.3 Å². The SMILES string of the molecule is Cc1ccc(NC(=O)c2cnn(-c3ccccn3)c2C)cc1Cl. The molecule has 0 radical (unpaired) electrons. The second-order valence-electron chi connectivity index (χ2n) is 5.16. The Hall–Kier alpha value is -2.66. The zero-order valence-corrected chi connectivity index (χ0v) is 13.5. The molecule has 23 heavy (non-hydrogen) atoms. The third-order valence-electron chi connectivity index (χ3n) is 3.55. The van der Waals surface area contributed by atoms with Gasteiger partial charge >= 0.3 is 0 Å². The van der Waals surface area contributed by atoms with Gasteiger partial charge in [0.2, 0.25) is 0 Å². The number of nitrogens with zero attached hydrogens (tertiary/aromatic N) is 3. The number of hydrogen-bond donors (Lipinski definition) is 1. The molecule has 5 nitrogen and oxygen atoms in total. The molecule has 1 aromatic carbocycles. The summed E-state index contributed by atoms with van der Waals surface area (Å²) in [6, 6.07) is 10.9. The first kappa shape index (κ1) is 15.2. The van der Waals surface area contributed by atoms with E-state index in [1.54, 1.807) is 16.9 Å². The molecule has 0 spiro atoms. The monoisotopic (exact) mass is 326 g/mol. The second-order valence-corrected chi connectivity index (χ2v) is 5.57. The maximum atomic E-state index is 12.4. The number of halogens is 1. The highest BCUT2D eigenvalue weighted by atomic mass is 35.5. The molecular formula is C17H15ClN4O. The summed E-state index contributed by atoms with van der Waals surface area (Å²) < 4.78 is 1.64. The fourth-order valence-corrected chi connectivity index (χ4v) is 2.39. The minimum Gasteiger partial charge on any atom is -0.322 e. The van der Waals surface area contributed by atoms with Gasteiger partial charge in [-0.25, -0.2) is 9.67 Å². The molecule has 1 N–H and O–H groups in total. The van der Waals surface area contributed by atoms with Crippen LogP contribution in [0.1, 0.15) is 21.6 Å². The average Bonchev–Trinajstić information content (AvgIpc) is 2.93. The minimum absolute atomic E-state index is 0.232. The maximum Gasteiger partial charge on any atom is 0.259 e. The van der Waals surface area contributed by atoms with Crippen LogP contribution in [0.25, 0.3) is 5.82 Å². The Morgan fingerprint density at radius 3 is 2.74 bits per heavy atom. The molecule has 0 bridgehead atoms. The molecule has 2 aromatic heterocycles. The lowest BCUT2D eigenvalue weighted by atomic mass is 10.2. The first-order valence-electron chi connectivity index (χ1n) is 7.10. The summed E-state index contributed by atoms with van der Waals surface area (Å²) in [4.78, 5) is 16.7. The normalized spacial score (nSPS) is 10.6. The lowest BCUT2D eigenvalue weighted by Gasteiger charge is -2.07. The highest BCUT2D eigenvalue weighted by molar-refractivity contribution is 6.31. The van der Waals surface area contributed by atoms with Crippen molar-refractivity contribution < 1.29 is 4.79 Å². The van der Waals surface area contributed by atoms with E-state index in [-0.39, 0.29) is 5.91 Å². The van der Waals surface area contributed by atoms with E-state index < -0.39 is 0 Å². The van der Waals surface area contributed by atoms with Crippen molar-refractivity contribution in [1.29, 1.82) is 0 Å². The topological polar surface area (TPSA) is 59.8 Å². The average molecular weight is 327 g/mol. The summed E-state index contributed by atoms with van der Waals surface area (Å²) in [5.41, 5.74) is 2.83. The van der Waals surface area contributed by atoms with Crippen LogP contribution in [-0.2, 0) is 0 Å². The number of aromatic nitrogens is 3. The van der Waals surface area contributed by atoms with Gasteiger partial charge in [-0.3, -0.25) is 4.79 Å². The Morgan fingerprint density at radius 2 is 2.04 bits per heavy atom. The Morgan fingerprint density at radius 1 is 1.22 bits per heavy atom. The Labute approximate surface area is 138 Å². The first-order valence-corrected chi connectivity index (χ1v) is 7.47. The van der Waals surface area contributed by atoms with Gasteiger partial charge in [0.1, 0.15) is 0 Å². The van der Waals surface area contributed by atoms with Crippen molar-refractivity contribution in [3.05, 3.63) is 70.6 Å². The summed E-state index contributed by atoms with van der Waals surface area (Å²) in [5, 5.41) is 7.70. The van der Waals surface area contributed by atoms with Gasteiger partial charge < -0.3 is 5.32 Å². The molecule has 0 aliphatic rings. The number of carbonyl (C=O) groups excluding carboxylic acids is 1. The lowest BCUT2D eigenvalue weighted by molar-refractivity contribution is 0.102. The van der Waals surface area contributed by atoms with E-state index in [9.17, 15) is 4.79 Å². The molecule has 3 aromatic rings. The molecule has 0 atom stereocenters. The fourth-order valence-electron chi connectivity index (χ4n) is 2.21. The van der Waals surface area contributed by atoms with Crippen LogP contribution in [0, 0.1) is 13.8 Å². The molecule has 0 aliphatic carbocycles. The van der Waals surface area contributed by atoms with E-state index in [1.807, 2.05) is 44.2 Å². The Bertz CT molecular complexity index is 858. The number of rotatable bonds is 3. The molecule has 0 aliphatic heterocycles. The van der Waals surface area contributed by atoms with Crippen molar-refractivity contribution in [2.24, 2.45) is 0 Å². The Kier molecular flexibility index (Phi) is 4.12. The van der Waals surface area contributed by atoms with Crippen LogP contribution in [-0.4, -0.2) is 20.7 Å². The fraction of sp³-hybridized carbons (Fsp3) is 0.118. The van der Waals surface area contributed by atoms with E-state index >= 15 is 0 Å². The van der Waals surface area contributed by atoms with Gasteiger partial charge in [-0.1, -0.05) is 23.7 Å². The van der Waals surface area contributed by atoms with Crippen LogP contribution >= 0.6 is 11.6 Å². The van der Waals surface area contributed by atoms with Gasteiger partial charge in [0.15, 0.2) is 5.82 Å². The molecule has 2 heterocycles. The summed E-state index contributed by atoms with van der Waals surface area (Å²) >= 11 is 6.08. The number of carbonyl (C=O) groups is 1. The van der Waals surface area contributed by atoms with Crippen LogP contribution < -0.4 is 5.32 Å². The molecular weight excluding hydrogens is 312 g/mol. The number of benzene rings is 1. The van der Waals surface area contributed by atoms with Crippen LogP contribution in [0.15, 0.2) is 48.8 Å². The summed E-state index contributed by atoms with van der Waals surface area (Å²) in [7, 11) is 0. The number of nitrogens with one attached hydrogen (secondary N) is 1. The molecule has 6 heteroatoms. The first-order chi connectivity index (χ1) is 11.1. The summed E-state index contributed by atoms with van der Waals surface area (Å²) in [6.07, 6.45) is 3.22. The third-order valence-corrected chi connectivity index (χ3v) is 3.96. The van der Waals surface area contributed by atoms with Crippen molar-refractivity contribution in [3.63, 3.8) is 0 Å². The maximum absolute atomic E-state index is 12.4. The quantitative estimate of drug-likeness (QED) is 0.796. The molecule has 0 saturated carbocycles. The zero-order chi connectivity index (χ0) is 16.4. The van der Waals surface area contributed by atoms with Crippen molar-refractivity contribution in [2.75, 3.05) is 5.32 Å². The molecule has 0 fully saturated rings. The second kappa shape index (κ2) is 6.22. The van der Waals surface area contributed by atoms with Gasteiger partial charge in [-0.05, 0) is 43.7 Å². The van der Waals surface area contributed by atoms with Gasteiger partial charge in [-0.2, -0.15) is 5.10 Å². The van der Waals surface area contributed by atoms with E-state index in [4.69, 9.17) is 11.6 Å². The largest absolute Gasteiger partial charge is 0.322 e. The highest BCUT2D eigenvalue weighted by Gasteiger charge is 2.16. The number of aryl methyl sites for hydroxylation is 1. The van der Waals surface area contributed by atoms with Crippen molar-refractivity contribution in [3.8, 4) is 5.82 Å². The molecule has 0 unspecified atom stereocenters. The van der Waals surface area contributed by atoms with Crippen LogP contribution in [0.2, 0.25) is 5.02 Å². The number of amides is 1. The van der Waals surface area contributed by atoms with Crippen molar-refractivity contribution >= 4 is 23.2 Å². The zero-order valence-electron chi connectivity index (χ0n) is 12.7. The Balaban J connectivity index is 1.86.